The number of carbonyl (C=O) groups is 2. The van der Waals surface area contributed by atoms with Crippen molar-refractivity contribution in [3.05, 3.63) is 58.9 Å². The lowest BCUT2D eigenvalue weighted by molar-refractivity contribution is -0.117. The molecule has 1 saturated heterocycles. The van der Waals surface area contributed by atoms with Crippen LogP contribution in [0, 0.1) is 12.8 Å². The Morgan fingerprint density at radius 2 is 1.83 bits per heavy atom. The van der Waals surface area contributed by atoms with Crippen molar-refractivity contribution in [3.8, 4) is 18.6 Å². The van der Waals surface area contributed by atoms with Gasteiger partial charge < -0.3 is 35.8 Å². The van der Waals surface area contributed by atoms with Crippen LogP contribution in [0.3, 0.4) is 0 Å². The van der Waals surface area contributed by atoms with Crippen LogP contribution in [0.4, 0.5) is 33.1 Å². The molecule has 0 bridgehead atoms. The highest BCUT2D eigenvalue weighted by Crippen LogP contribution is 2.41. The second-order valence-electron chi connectivity index (χ2n) is 10.3. The minimum absolute atomic E-state index is 0.122. The van der Waals surface area contributed by atoms with E-state index >= 15 is 0 Å². The summed E-state index contributed by atoms with van der Waals surface area (Å²) in [6, 6.07) is 12.0. The average Bonchev–Trinajstić information content (AvgIpc) is 3.48. The highest BCUT2D eigenvalue weighted by molar-refractivity contribution is 6.31. The van der Waals surface area contributed by atoms with E-state index in [0.717, 1.165) is 42.1 Å². The second-order valence-corrected chi connectivity index (χ2v) is 11.3. The molecule has 1 atom stereocenters. The van der Waals surface area contributed by atoms with Crippen molar-refractivity contribution in [3.63, 3.8) is 0 Å². The summed E-state index contributed by atoms with van der Waals surface area (Å²) in [7, 11) is 9.65. The summed E-state index contributed by atoms with van der Waals surface area (Å²) in [5.41, 5.74) is 8.24. The van der Waals surface area contributed by atoms with E-state index < -0.39 is 5.63 Å². The second kappa shape index (κ2) is 21.5. The Bertz CT molecular complexity index is 1440. The topological polar surface area (TPSA) is 129 Å². The number of para-hydroxylation sites is 1. The fraction of sp³-hybridized carbons (Fsp3) is 0.394. The molecule has 11 nitrogen and oxygen atoms in total. The van der Waals surface area contributed by atoms with E-state index in [1.165, 1.54) is 6.92 Å². The number of anilines is 5. The Morgan fingerprint density at radius 3 is 2.38 bits per heavy atom. The summed E-state index contributed by atoms with van der Waals surface area (Å²) >= 11 is 11.1. The molecular formula is C33H45Cl2FN8O3. The molecule has 2 aromatic carbocycles. The normalized spacial score (nSPS) is 12.3. The van der Waals surface area contributed by atoms with Gasteiger partial charge in [0.15, 0.2) is 5.63 Å². The van der Waals surface area contributed by atoms with Crippen molar-refractivity contribution in [2.75, 3.05) is 75.4 Å². The molecule has 3 aromatic rings. The summed E-state index contributed by atoms with van der Waals surface area (Å²) in [5.74, 6) is 1.15. The van der Waals surface area contributed by atoms with E-state index in [2.05, 4.69) is 55.6 Å². The molecule has 2 heterocycles. The number of hydrogen-bond acceptors (Lipinski definition) is 9. The van der Waals surface area contributed by atoms with Crippen LogP contribution in [-0.4, -0.2) is 87.8 Å². The number of hydrogen-bond donors (Lipinski definition) is 3. The van der Waals surface area contributed by atoms with Crippen LogP contribution < -0.4 is 30.9 Å². The van der Waals surface area contributed by atoms with Gasteiger partial charge in [-0.3, -0.25) is 9.59 Å². The Hall–Kier alpha value is -4.31. The smallest absolute Gasteiger partial charge is 0.227 e. The summed E-state index contributed by atoms with van der Waals surface area (Å²) in [4.78, 5) is 36.6. The minimum atomic E-state index is -1.19. The lowest BCUT2D eigenvalue weighted by Crippen LogP contribution is -2.31. The number of aromatic nitrogens is 2. The molecule has 0 saturated carbocycles. The Labute approximate surface area is 287 Å². The predicted molar refractivity (Wildman–Crippen MR) is 192 cm³/mol. The molecule has 4 N–H and O–H groups in total. The predicted octanol–water partition coefficient (Wildman–Crippen LogP) is 5.53. The third-order valence-corrected chi connectivity index (χ3v) is 6.98. The fourth-order valence-electron chi connectivity index (χ4n) is 4.53. The molecule has 14 heteroatoms. The Morgan fingerprint density at radius 1 is 1.19 bits per heavy atom. The van der Waals surface area contributed by atoms with Crippen molar-refractivity contribution in [1.82, 2.24) is 14.9 Å². The van der Waals surface area contributed by atoms with Crippen LogP contribution in [0.2, 0.25) is 5.02 Å². The Kier molecular flexibility index (Phi) is 18.6. The Balaban J connectivity index is 0.00000110. The van der Waals surface area contributed by atoms with Gasteiger partial charge in [-0.25, -0.2) is 14.4 Å². The van der Waals surface area contributed by atoms with Crippen molar-refractivity contribution in [1.29, 1.82) is 0 Å². The quantitative estimate of drug-likeness (QED) is 0.135. The van der Waals surface area contributed by atoms with E-state index in [4.69, 9.17) is 26.1 Å². The number of primary amides is 1. The van der Waals surface area contributed by atoms with Gasteiger partial charge in [0.25, 0.3) is 0 Å². The van der Waals surface area contributed by atoms with Gasteiger partial charge in [-0.15, -0.1) is 12.8 Å². The number of halogens is 3. The number of rotatable bonds is 11. The lowest BCUT2D eigenvalue weighted by atomic mass is 10.1. The first kappa shape index (κ1) is 40.7. The molecule has 1 aliphatic rings. The zero-order valence-corrected chi connectivity index (χ0v) is 29.3. The highest BCUT2D eigenvalue weighted by atomic mass is 35.5. The van der Waals surface area contributed by atoms with Crippen molar-refractivity contribution in [2.45, 2.75) is 31.8 Å². The molecule has 0 aliphatic carbocycles. The maximum Gasteiger partial charge on any atom is 0.227 e. The average molecular weight is 692 g/mol. The fourth-order valence-corrected chi connectivity index (χ4v) is 4.68. The first-order valence-corrected chi connectivity index (χ1v) is 15.5. The molecular weight excluding hydrogens is 646 g/mol. The maximum absolute atomic E-state index is 12.8. The van der Waals surface area contributed by atoms with Crippen molar-refractivity contribution < 1.29 is 18.7 Å². The molecule has 256 valence electrons. The molecule has 1 fully saturated rings. The summed E-state index contributed by atoms with van der Waals surface area (Å²) in [6.07, 6.45) is 11.8. The van der Waals surface area contributed by atoms with Gasteiger partial charge in [-0.05, 0) is 45.1 Å². The largest absolute Gasteiger partial charge is 0.494 e. The third kappa shape index (κ3) is 13.1. The van der Waals surface area contributed by atoms with E-state index in [0.29, 0.717) is 47.5 Å². The van der Waals surface area contributed by atoms with Gasteiger partial charge in [0.2, 0.25) is 18.3 Å². The van der Waals surface area contributed by atoms with Crippen LogP contribution in [-0.2, 0) is 16.0 Å². The van der Waals surface area contributed by atoms with Gasteiger partial charge in [0.05, 0.1) is 41.1 Å². The van der Waals surface area contributed by atoms with Crippen LogP contribution in [0.15, 0.2) is 42.6 Å². The summed E-state index contributed by atoms with van der Waals surface area (Å²) in [6.45, 7) is 3.63. The molecule has 1 aliphatic heterocycles. The zero-order valence-electron chi connectivity index (χ0n) is 27.8. The maximum atomic E-state index is 12.8. The zero-order chi connectivity index (χ0) is 35.5. The van der Waals surface area contributed by atoms with Crippen LogP contribution in [0.25, 0.3) is 0 Å². The van der Waals surface area contributed by atoms with Gasteiger partial charge in [-0.1, -0.05) is 41.4 Å². The van der Waals surface area contributed by atoms with Gasteiger partial charge in [0, 0.05) is 58.3 Å². The number of benzene rings is 2. The van der Waals surface area contributed by atoms with E-state index in [1.54, 1.807) is 13.3 Å². The van der Waals surface area contributed by atoms with Crippen LogP contribution in [0.1, 0.15) is 31.0 Å². The van der Waals surface area contributed by atoms with Gasteiger partial charge in [-0.2, -0.15) is 0 Å². The molecule has 0 spiro atoms. The summed E-state index contributed by atoms with van der Waals surface area (Å²) in [5, 5.41) is 7.02. The first-order valence-electron chi connectivity index (χ1n) is 14.6. The molecule has 47 heavy (non-hydrogen) atoms. The van der Waals surface area contributed by atoms with Crippen molar-refractivity contribution in [2.24, 2.45) is 5.73 Å². The summed E-state index contributed by atoms with van der Waals surface area (Å²) < 4.78 is 16.5. The number of nitrogens with two attached hydrogens (primary N) is 1. The van der Waals surface area contributed by atoms with Crippen LogP contribution in [0.5, 0.6) is 5.75 Å². The van der Waals surface area contributed by atoms with Gasteiger partial charge >= 0.3 is 0 Å². The number of nitrogens with zero attached hydrogens (tertiary/aromatic N) is 5. The number of carbonyl (C=O) groups excluding carboxylic acids is 2. The molecule has 1 aromatic heterocycles. The number of nitrogens with one attached hydrogen (secondary N) is 2. The third-order valence-electron chi connectivity index (χ3n) is 6.66. The standard InChI is InChI=1S/C28H36ClN7O2.C2H4ClF.C2H2.CH3NO/c1-30-21-10-7-6-9-19(21)15-22-20(29)18-31-28(32-22)33-23-16-25(36-12-8-11-27(36)37)24(17-26(23)38-5)35(4)14-13-34(2)3;1-2(3)4;1-2;2-1-3/h6-7,9-10,16-18,30H,8,11-15H2,1-5H3,(H,31,32,33);2H,1H3;1-2H;1H,(H2,2,3). The molecule has 2 amide bonds. The number of alkyl halides is 2. The molecule has 1 unspecified atom stereocenters. The van der Waals surface area contributed by atoms with E-state index in [1.807, 2.05) is 69.5 Å². The van der Waals surface area contributed by atoms with Gasteiger partial charge in [0.1, 0.15) is 5.75 Å². The lowest BCUT2D eigenvalue weighted by Gasteiger charge is -2.29. The minimum Gasteiger partial charge on any atom is -0.494 e. The first-order chi connectivity index (χ1) is 22.4. The number of terminal acetylenes is 1. The monoisotopic (exact) mass is 690 g/mol. The molecule has 4 rings (SSSR count). The van der Waals surface area contributed by atoms with Crippen molar-refractivity contribution >= 4 is 64.2 Å². The van der Waals surface area contributed by atoms with E-state index in [9.17, 15) is 9.18 Å². The van der Waals surface area contributed by atoms with Crippen LogP contribution >= 0.6 is 23.2 Å². The SMILES string of the molecule is C#C.CC(F)Cl.CNc1ccccc1Cc1nc(Nc2cc(N3CCCC3=O)c(N(C)CCN(C)C)cc2OC)ncc1Cl.NC=O. The number of ether oxygens (including phenoxy) is 1. The number of amides is 2. The van der Waals surface area contributed by atoms with E-state index in [-0.39, 0.29) is 12.3 Å². The number of methoxy groups -OCH3 is 1. The highest BCUT2D eigenvalue weighted by Gasteiger charge is 2.27. The number of likely N-dealkylation sites (N-methyl/N-ethyl adjacent to an activating group) is 2. The molecule has 0 radical (unpaired) electrons.